The summed E-state index contributed by atoms with van der Waals surface area (Å²) in [7, 11) is 3.07. The van der Waals surface area contributed by atoms with Crippen LogP contribution in [0.2, 0.25) is 0 Å². The molecule has 0 bridgehead atoms. The van der Waals surface area contributed by atoms with Crippen molar-refractivity contribution in [2.24, 2.45) is 0 Å². The monoisotopic (exact) mass is 400 g/mol. The van der Waals surface area contributed by atoms with Crippen LogP contribution in [0.25, 0.3) is 10.2 Å². The third kappa shape index (κ3) is 4.49. The van der Waals surface area contributed by atoms with E-state index in [2.05, 4.69) is 20.9 Å². The van der Waals surface area contributed by atoms with E-state index in [1.807, 2.05) is 6.07 Å². The zero-order chi connectivity index (χ0) is 20.1. The third-order valence-corrected chi connectivity index (χ3v) is 4.82. The van der Waals surface area contributed by atoms with Crippen LogP contribution in [-0.2, 0) is 4.79 Å². The molecular formula is C19H20N4O4S. The van der Waals surface area contributed by atoms with Crippen LogP contribution in [0, 0.1) is 0 Å². The van der Waals surface area contributed by atoms with Crippen molar-refractivity contribution in [3.63, 3.8) is 0 Å². The predicted molar refractivity (Wildman–Crippen MR) is 111 cm³/mol. The number of rotatable bonds is 6. The van der Waals surface area contributed by atoms with E-state index in [4.69, 9.17) is 9.47 Å². The van der Waals surface area contributed by atoms with Crippen LogP contribution in [0.4, 0.5) is 21.3 Å². The van der Waals surface area contributed by atoms with Gasteiger partial charge in [-0.15, -0.1) is 0 Å². The van der Waals surface area contributed by atoms with Crippen molar-refractivity contribution < 1.29 is 19.1 Å². The molecule has 0 saturated carbocycles. The molecule has 3 aromatic rings. The second-order valence-electron chi connectivity index (χ2n) is 5.75. The number of benzene rings is 2. The first kappa shape index (κ1) is 19.4. The number of methoxy groups -OCH3 is 2. The van der Waals surface area contributed by atoms with Gasteiger partial charge >= 0.3 is 6.03 Å². The van der Waals surface area contributed by atoms with Gasteiger partial charge in [-0.2, -0.15) is 0 Å². The molecule has 3 rings (SSSR count). The number of carbonyl (C=O) groups excluding carboxylic acids is 2. The smallest absolute Gasteiger partial charge is 0.323 e. The number of nitrogens with zero attached hydrogens (tertiary/aromatic N) is 1. The number of anilines is 3. The summed E-state index contributed by atoms with van der Waals surface area (Å²) in [6, 6.07) is 10.1. The number of fused-ring (bicyclic) bond motifs is 1. The van der Waals surface area contributed by atoms with Crippen LogP contribution in [0.5, 0.6) is 11.5 Å². The molecule has 9 heteroatoms. The Balaban J connectivity index is 1.71. The molecule has 0 aliphatic rings. The Morgan fingerprint density at radius 2 is 1.86 bits per heavy atom. The van der Waals surface area contributed by atoms with E-state index < -0.39 is 6.03 Å². The molecule has 2 aromatic carbocycles. The zero-order valence-electron chi connectivity index (χ0n) is 15.7. The molecule has 0 aliphatic carbocycles. The highest BCUT2D eigenvalue weighted by Gasteiger charge is 2.11. The van der Waals surface area contributed by atoms with Crippen molar-refractivity contribution >= 4 is 50.0 Å². The number of nitrogens with one attached hydrogen (secondary N) is 3. The molecule has 8 nitrogen and oxygen atoms in total. The molecule has 1 aromatic heterocycles. The summed E-state index contributed by atoms with van der Waals surface area (Å²) < 4.78 is 11.3. The summed E-state index contributed by atoms with van der Waals surface area (Å²) in [4.78, 5) is 28.2. The molecule has 0 fully saturated rings. The Kier molecular flexibility index (Phi) is 5.95. The van der Waals surface area contributed by atoms with Crippen molar-refractivity contribution in [1.82, 2.24) is 4.98 Å². The van der Waals surface area contributed by atoms with Gasteiger partial charge in [-0.25, -0.2) is 9.78 Å². The average molecular weight is 400 g/mol. The van der Waals surface area contributed by atoms with Crippen molar-refractivity contribution in [3.8, 4) is 11.5 Å². The Hall–Kier alpha value is -3.33. The van der Waals surface area contributed by atoms with Gasteiger partial charge in [-0.3, -0.25) is 4.79 Å². The molecule has 0 spiro atoms. The van der Waals surface area contributed by atoms with Crippen molar-refractivity contribution in [2.45, 2.75) is 13.3 Å². The van der Waals surface area contributed by atoms with Crippen LogP contribution in [0.3, 0.4) is 0 Å². The van der Waals surface area contributed by atoms with Gasteiger partial charge in [0.15, 0.2) is 5.13 Å². The first-order valence-corrected chi connectivity index (χ1v) is 9.34. The Morgan fingerprint density at radius 3 is 2.57 bits per heavy atom. The van der Waals surface area contributed by atoms with E-state index in [9.17, 15) is 9.59 Å². The molecule has 1 heterocycles. The maximum Gasteiger partial charge on any atom is 0.323 e. The lowest BCUT2D eigenvalue weighted by atomic mass is 10.2. The van der Waals surface area contributed by atoms with E-state index in [0.29, 0.717) is 39.9 Å². The molecule has 0 saturated heterocycles. The lowest BCUT2D eigenvalue weighted by Gasteiger charge is -2.12. The largest absolute Gasteiger partial charge is 0.497 e. The minimum absolute atomic E-state index is 0.0924. The van der Waals surface area contributed by atoms with Gasteiger partial charge in [0.25, 0.3) is 0 Å². The number of urea groups is 1. The second kappa shape index (κ2) is 8.57. The van der Waals surface area contributed by atoms with Crippen molar-refractivity contribution in [1.29, 1.82) is 0 Å². The highest BCUT2D eigenvalue weighted by molar-refractivity contribution is 7.22. The summed E-state index contributed by atoms with van der Waals surface area (Å²) in [5.41, 5.74) is 1.78. The van der Waals surface area contributed by atoms with Crippen LogP contribution < -0.4 is 25.4 Å². The predicted octanol–water partition coefficient (Wildman–Crippen LogP) is 4.31. The fourth-order valence-corrected chi connectivity index (χ4v) is 3.32. The second-order valence-corrected chi connectivity index (χ2v) is 6.78. The molecule has 0 unspecified atom stereocenters. The molecule has 3 amide bonds. The molecule has 28 heavy (non-hydrogen) atoms. The Morgan fingerprint density at radius 1 is 1.04 bits per heavy atom. The average Bonchev–Trinajstić information content (AvgIpc) is 3.09. The summed E-state index contributed by atoms with van der Waals surface area (Å²) in [5, 5.41) is 8.78. The summed E-state index contributed by atoms with van der Waals surface area (Å²) in [5.74, 6) is 1.02. The molecule has 3 N–H and O–H groups in total. The van der Waals surface area contributed by atoms with E-state index in [0.717, 1.165) is 4.70 Å². The number of aromatic nitrogens is 1. The topological polar surface area (TPSA) is 102 Å². The highest BCUT2D eigenvalue weighted by atomic mass is 32.1. The van der Waals surface area contributed by atoms with E-state index in [1.165, 1.54) is 18.4 Å². The lowest BCUT2D eigenvalue weighted by Crippen LogP contribution is -2.19. The third-order valence-electron chi connectivity index (χ3n) is 3.87. The first-order valence-electron chi connectivity index (χ1n) is 8.53. The number of carbonyl (C=O) groups is 2. The maximum absolute atomic E-state index is 12.3. The number of hydrogen-bond acceptors (Lipinski definition) is 6. The quantitative estimate of drug-likeness (QED) is 0.572. The van der Waals surface area contributed by atoms with E-state index in [-0.39, 0.29) is 5.91 Å². The van der Waals surface area contributed by atoms with Gasteiger partial charge in [-0.05, 0) is 30.3 Å². The Labute approximate surface area is 165 Å². The first-order chi connectivity index (χ1) is 13.5. The zero-order valence-corrected chi connectivity index (χ0v) is 16.5. The van der Waals surface area contributed by atoms with Crippen LogP contribution in [-0.4, -0.2) is 31.1 Å². The summed E-state index contributed by atoms with van der Waals surface area (Å²) >= 11 is 1.38. The molecule has 146 valence electrons. The van der Waals surface area contributed by atoms with Gasteiger partial charge in [0.1, 0.15) is 11.5 Å². The Bertz CT molecular complexity index is 1020. The van der Waals surface area contributed by atoms with Gasteiger partial charge in [0.05, 0.1) is 30.1 Å². The minimum atomic E-state index is -0.419. The number of thiazole rings is 1. The standard InChI is InChI=1S/C19H20N4O4S/c1-4-17(24)23-19-22-14-9-11(5-8-16(14)28-19)20-18(25)21-13-7-6-12(26-2)10-15(13)27-3/h5-10H,4H2,1-3H3,(H2,20,21,25)(H,22,23,24). The molecule has 0 radical (unpaired) electrons. The van der Waals surface area contributed by atoms with Gasteiger partial charge < -0.3 is 25.4 Å². The van der Waals surface area contributed by atoms with Gasteiger partial charge in [0.2, 0.25) is 5.91 Å². The van der Waals surface area contributed by atoms with Crippen molar-refractivity contribution in [3.05, 3.63) is 36.4 Å². The highest BCUT2D eigenvalue weighted by Crippen LogP contribution is 2.30. The number of hydrogen-bond donors (Lipinski definition) is 3. The number of amides is 3. The normalized spacial score (nSPS) is 10.4. The minimum Gasteiger partial charge on any atom is -0.497 e. The fourth-order valence-electron chi connectivity index (χ4n) is 2.45. The van der Waals surface area contributed by atoms with Crippen molar-refractivity contribution in [2.75, 3.05) is 30.2 Å². The summed E-state index contributed by atoms with van der Waals surface area (Å²) in [6.07, 6.45) is 0.387. The van der Waals surface area contributed by atoms with E-state index >= 15 is 0 Å². The van der Waals surface area contributed by atoms with Gasteiger partial charge in [-0.1, -0.05) is 18.3 Å². The van der Waals surface area contributed by atoms with Crippen LogP contribution in [0.1, 0.15) is 13.3 Å². The molecular weight excluding hydrogens is 380 g/mol. The van der Waals surface area contributed by atoms with E-state index in [1.54, 1.807) is 44.4 Å². The molecule has 0 atom stereocenters. The van der Waals surface area contributed by atoms with Crippen LogP contribution in [0.15, 0.2) is 36.4 Å². The summed E-state index contributed by atoms with van der Waals surface area (Å²) in [6.45, 7) is 1.78. The fraction of sp³-hybridized carbons (Fsp3) is 0.211. The SMILES string of the molecule is CCC(=O)Nc1nc2cc(NC(=O)Nc3ccc(OC)cc3OC)ccc2s1. The number of ether oxygens (including phenoxy) is 2. The maximum atomic E-state index is 12.3. The van der Waals surface area contributed by atoms with Gasteiger partial charge in [0, 0.05) is 18.2 Å². The molecule has 0 aliphatic heterocycles. The van der Waals surface area contributed by atoms with Crippen LogP contribution >= 0.6 is 11.3 Å². The lowest BCUT2D eigenvalue weighted by molar-refractivity contribution is -0.115.